The summed E-state index contributed by atoms with van der Waals surface area (Å²) in [4.78, 5) is 0. The summed E-state index contributed by atoms with van der Waals surface area (Å²) < 4.78 is 13.5. The van der Waals surface area contributed by atoms with Gasteiger partial charge in [-0.15, -0.1) is 0 Å². The fourth-order valence-electron chi connectivity index (χ4n) is 4.43. The van der Waals surface area contributed by atoms with Gasteiger partial charge >= 0.3 is 0 Å². The standard InChI is InChI=1S/C19H33IO2/c1-3-21-15(2)22-19(12-13-20)7-5-4-6-17-10-8-16-9-11-18(17)14-16/h12-13,15-19H,3-11,14H2,1-2H3/b13-12+. The van der Waals surface area contributed by atoms with Crippen LogP contribution in [0, 0.1) is 17.8 Å². The Morgan fingerprint density at radius 3 is 2.77 bits per heavy atom. The molecule has 22 heavy (non-hydrogen) atoms. The van der Waals surface area contributed by atoms with Crippen molar-refractivity contribution >= 4 is 22.6 Å². The number of halogens is 1. The van der Waals surface area contributed by atoms with Gasteiger partial charge in [0.25, 0.3) is 0 Å². The lowest BCUT2D eigenvalue weighted by Crippen LogP contribution is -2.21. The van der Waals surface area contributed by atoms with Crippen LogP contribution in [-0.2, 0) is 9.47 Å². The number of fused-ring (bicyclic) bond motifs is 2. The van der Waals surface area contributed by atoms with Gasteiger partial charge in [0.05, 0.1) is 6.10 Å². The van der Waals surface area contributed by atoms with Gasteiger partial charge in [-0.3, -0.25) is 0 Å². The van der Waals surface area contributed by atoms with Gasteiger partial charge in [0.1, 0.15) is 0 Å². The Bertz CT molecular complexity index is 331. The quantitative estimate of drug-likeness (QED) is 0.242. The Labute approximate surface area is 150 Å². The first-order valence-electron chi connectivity index (χ1n) is 9.26. The molecular formula is C19H33IO2. The summed E-state index contributed by atoms with van der Waals surface area (Å²) in [7, 11) is 0. The zero-order valence-electron chi connectivity index (χ0n) is 14.3. The van der Waals surface area contributed by atoms with Crippen LogP contribution in [0.5, 0.6) is 0 Å². The van der Waals surface area contributed by atoms with Crippen LogP contribution < -0.4 is 0 Å². The molecule has 2 aliphatic rings. The summed E-state index contributed by atoms with van der Waals surface area (Å²) in [5, 5.41) is 0. The lowest BCUT2D eigenvalue weighted by molar-refractivity contribution is -0.147. The number of rotatable bonds is 10. The van der Waals surface area contributed by atoms with Gasteiger partial charge in [-0.05, 0) is 67.4 Å². The summed E-state index contributed by atoms with van der Waals surface area (Å²) in [5.41, 5.74) is 0. The van der Waals surface area contributed by atoms with Gasteiger partial charge in [-0.1, -0.05) is 54.7 Å². The molecule has 2 aliphatic carbocycles. The minimum Gasteiger partial charge on any atom is -0.353 e. The fraction of sp³-hybridized carbons (Fsp3) is 0.895. The normalized spacial score (nSPS) is 30.8. The van der Waals surface area contributed by atoms with Crippen molar-refractivity contribution in [3.05, 3.63) is 10.2 Å². The predicted molar refractivity (Wildman–Crippen MR) is 101 cm³/mol. The number of hydrogen-bond donors (Lipinski definition) is 0. The summed E-state index contributed by atoms with van der Waals surface area (Å²) in [6.45, 7) is 4.72. The van der Waals surface area contributed by atoms with Gasteiger partial charge in [0.2, 0.25) is 0 Å². The highest BCUT2D eigenvalue weighted by Gasteiger charge is 2.34. The summed E-state index contributed by atoms with van der Waals surface area (Å²) in [6.07, 6.45) is 15.1. The van der Waals surface area contributed by atoms with Crippen LogP contribution in [0.15, 0.2) is 10.2 Å². The van der Waals surface area contributed by atoms with Crippen LogP contribution in [0.3, 0.4) is 0 Å². The predicted octanol–water partition coefficient (Wildman–Crippen LogP) is 6.09. The molecule has 128 valence electrons. The first-order chi connectivity index (χ1) is 10.7. The molecule has 2 nitrogen and oxygen atoms in total. The molecule has 0 aliphatic heterocycles. The van der Waals surface area contributed by atoms with E-state index in [1.54, 1.807) is 6.42 Å². The molecule has 2 saturated carbocycles. The van der Waals surface area contributed by atoms with Gasteiger partial charge in [-0.2, -0.15) is 0 Å². The molecule has 3 heteroatoms. The van der Waals surface area contributed by atoms with Crippen molar-refractivity contribution in [2.45, 2.75) is 84.0 Å². The third-order valence-electron chi connectivity index (χ3n) is 5.56. The average molecular weight is 420 g/mol. The highest BCUT2D eigenvalue weighted by molar-refractivity contribution is 14.1. The van der Waals surface area contributed by atoms with Crippen LogP contribution in [0.2, 0.25) is 0 Å². The van der Waals surface area contributed by atoms with Crippen molar-refractivity contribution in [1.82, 2.24) is 0 Å². The van der Waals surface area contributed by atoms with E-state index in [4.69, 9.17) is 9.47 Å². The summed E-state index contributed by atoms with van der Waals surface area (Å²) in [5.74, 6) is 3.19. The zero-order chi connectivity index (χ0) is 15.8. The molecule has 5 unspecified atom stereocenters. The van der Waals surface area contributed by atoms with E-state index >= 15 is 0 Å². The molecule has 0 aromatic heterocycles. The SMILES string of the molecule is CCOC(C)OC(/C=C/I)CCCCC1CCC2CCC1C2. The molecule has 0 spiro atoms. The lowest BCUT2D eigenvalue weighted by atomic mass is 9.77. The van der Waals surface area contributed by atoms with E-state index in [1.807, 2.05) is 13.8 Å². The monoisotopic (exact) mass is 420 g/mol. The van der Waals surface area contributed by atoms with Crippen molar-refractivity contribution < 1.29 is 9.47 Å². The summed E-state index contributed by atoms with van der Waals surface area (Å²) in [6, 6.07) is 0. The second-order valence-corrected chi connectivity index (χ2v) is 7.80. The van der Waals surface area contributed by atoms with Crippen LogP contribution in [0.4, 0.5) is 0 Å². The molecule has 2 fully saturated rings. The van der Waals surface area contributed by atoms with Gasteiger partial charge in [0.15, 0.2) is 6.29 Å². The first-order valence-corrected chi connectivity index (χ1v) is 10.5. The van der Waals surface area contributed by atoms with Crippen LogP contribution >= 0.6 is 22.6 Å². The second-order valence-electron chi connectivity index (χ2n) is 7.08. The van der Waals surface area contributed by atoms with Crippen LogP contribution in [0.25, 0.3) is 0 Å². The highest BCUT2D eigenvalue weighted by Crippen LogP contribution is 2.46. The van der Waals surface area contributed by atoms with E-state index in [1.165, 1.54) is 44.9 Å². The molecule has 0 saturated heterocycles. The largest absolute Gasteiger partial charge is 0.353 e. The van der Waals surface area contributed by atoms with E-state index in [2.05, 4.69) is 32.7 Å². The molecule has 0 N–H and O–H groups in total. The molecule has 0 aromatic carbocycles. The maximum absolute atomic E-state index is 5.96. The fourth-order valence-corrected chi connectivity index (χ4v) is 4.90. The molecule has 0 aromatic rings. The van der Waals surface area contributed by atoms with Crippen molar-refractivity contribution in [2.75, 3.05) is 6.61 Å². The Morgan fingerprint density at radius 2 is 2.00 bits per heavy atom. The van der Waals surface area contributed by atoms with Gasteiger partial charge < -0.3 is 9.47 Å². The number of unbranched alkanes of at least 4 members (excludes halogenated alkanes) is 1. The van der Waals surface area contributed by atoms with E-state index in [0.717, 1.165) is 24.2 Å². The minimum atomic E-state index is -0.101. The number of ether oxygens (including phenoxy) is 2. The minimum absolute atomic E-state index is 0.101. The smallest absolute Gasteiger partial charge is 0.155 e. The molecular weight excluding hydrogens is 387 g/mol. The maximum atomic E-state index is 5.96. The average Bonchev–Trinajstić information content (AvgIpc) is 2.88. The molecule has 2 rings (SSSR count). The number of hydrogen-bond acceptors (Lipinski definition) is 2. The van der Waals surface area contributed by atoms with E-state index < -0.39 is 0 Å². The Hall–Kier alpha value is 0.390. The Morgan fingerprint density at radius 1 is 1.18 bits per heavy atom. The lowest BCUT2D eigenvalue weighted by Gasteiger charge is -2.29. The molecule has 0 amide bonds. The van der Waals surface area contributed by atoms with Crippen LogP contribution in [-0.4, -0.2) is 19.0 Å². The molecule has 5 atom stereocenters. The Balaban J connectivity index is 1.62. The third kappa shape index (κ3) is 6.12. The van der Waals surface area contributed by atoms with E-state index in [0.29, 0.717) is 6.61 Å². The highest BCUT2D eigenvalue weighted by atomic mass is 127. The molecule has 0 radical (unpaired) electrons. The van der Waals surface area contributed by atoms with Crippen molar-refractivity contribution in [1.29, 1.82) is 0 Å². The summed E-state index contributed by atoms with van der Waals surface area (Å²) >= 11 is 2.28. The van der Waals surface area contributed by atoms with E-state index in [9.17, 15) is 0 Å². The Kier molecular flexibility index (Phi) is 8.76. The maximum Gasteiger partial charge on any atom is 0.155 e. The molecule has 2 bridgehead atoms. The molecule has 0 heterocycles. The second kappa shape index (κ2) is 10.3. The topological polar surface area (TPSA) is 18.5 Å². The third-order valence-corrected chi connectivity index (χ3v) is 5.98. The first kappa shape index (κ1) is 18.7. The van der Waals surface area contributed by atoms with Crippen molar-refractivity contribution in [2.24, 2.45) is 17.8 Å². The zero-order valence-corrected chi connectivity index (χ0v) is 16.5. The van der Waals surface area contributed by atoms with Crippen molar-refractivity contribution in [3.8, 4) is 0 Å². The van der Waals surface area contributed by atoms with E-state index in [-0.39, 0.29) is 12.4 Å². The van der Waals surface area contributed by atoms with Gasteiger partial charge in [0, 0.05) is 6.61 Å². The van der Waals surface area contributed by atoms with Crippen molar-refractivity contribution in [3.63, 3.8) is 0 Å². The van der Waals surface area contributed by atoms with Crippen LogP contribution in [0.1, 0.15) is 71.6 Å². The van der Waals surface area contributed by atoms with Gasteiger partial charge in [-0.25, -0.2) is 0 Å².